The summed E-state index contributed by atoms with van der Waals surface area (Å²) in [5.41, 5.74) is 5.72. The normalized spacial score (nSPS) is 20.3. The molecule has 1 aliphatic carbocycles. The molecule has 4 rings (SSSR count). The second kappa shape index (κ2) is 7.77. The van der Waals surface area contributed by atoms with Gasteiger partial charge in [-0.3, -0.25) is 14.9 Å². The van der Waals surface area contributed by atoms with Crippen molar-refractivity contribution < 1.29 is 18.7 Å². The summed E-state index contributed by atoms with van der Waals surface area (Å²) in [5, 5.41) is 1.86. The van der Waals surface area contributed by atoms with Gasteiger partial charge in [-0.2, -0.15) is 0 Å². The summed E-state index contributed by atoms with van der Waals surface area (Å²) in [6.07, 6.45) is 3.80. The Morgan fingerprint density at radius 2 is 1.69 bits per heavy atom. The first-order valence-electron chi connectivity index (χ1n) is 10.7. The van der Waals surface area contributed by atoms with Crippen molar-refractivity contribution in [1.29, 1.82) is 0 Å². The monoisotopic (exact) mass is 453 g/mol. The van der Waals surface area contributed by atoms with Crippen LogP contribution >= 0.6 is 11.8 Å². The van der Waals surface area contributed by atoms with Gasteiger partial charge in [0.2, 0.25) is 0 Å². The number of carbonyl (C=O) groups excluding carboxylic acids is 2. The Morgan fingerprint density at radius 3 is 2.25 bits per heavy atom. The highest BCUT2D eigenvalue weighted by molar-refractivity contribution is 8.18. The first-order valence-corrected chi connectivity index (χ1v) is 11.5. The van der Waals surface area contributed by atoms with Crippen molar-refractivity contribution in [1.82, 2.24) is 5.32 Å². The van der Waals surface area contributed by atoms with Crippen molar-refractivity contribution in [2.75, 3.05) is 7.11 Å². The van der Waals surface area contributed by atoms with Gasteiger partial charge in [0.15, 0.2) is 11.6 Å². The molecule has 2 aliphatic rings. The minimum absolute atomic E-state index is 0.0138. The van der Waals surface area contributed by atoms with Crippen LogP contribution in [0.1, 0.15) is 62.8 Å². The van der Waals surface area contributed by atoms with Gasteiger partial charge < -0.3 is 4.74 Å². The molecule has 6 heteroatoms. The van der Waals surface area contributed by atoms with Crippen LogP contribution in [0.3, 0.4) is 0 Å². The Morgan fingerprint density at radius 1 is 1.06 bits per heavy atom. The van der Waals surface area contributed by atoms with Crippen molar-refractivity contribution in [3.8, 4) is 16.9 Å². The average molecular weight is 454 g/mol. The molecule has 2 amide bonds. The first-order chi connectivity index (χ1) is 14.9. The van der Waals surface area contributed by atoms with E-state index in [2.05, 4.69) is 45.1 Å². The van der Waals surface area contributed by atoms with Crippen molar-refractivity contribution in [2.45, 2.75) is 58.3 Å². The van der Waals surface area contributed by atoms with Crippen LogP contribution in [0.15, 0.2) is 29.2 Å². The predicted molar refractivity (Wildman–Crippen MR) is 128 cm³/mol. The van der Waals surface area contributed by atoms with Crippen molar-refractivity contribution in [3.05, 3.63) is 57.2 Å². The molecule has 2 aromatic rings. The molecule has 1 fully saturated rings. The molecular weight excluding hydrogens is 425 g/mol. The van der Waals surface area contributed by atoms with Gasteiger partial charge in [-0.1, -0.05) is 39.8 Å². The maximum absolute atomic E-state index is 14.8. The minimum atomic E-state index is -0.471. The summed E-state index contributed by atoms with van der Waals surface area (Å²) in [5.74, 6) is -0.787. The van der Waals surface area contributed by atoms with Crippen LogP contribution in [0, 0.1) is 12.7 Å². The third kappa shape index (κ3) is 3.75. The smallest absolute Gasteiger partial charge is 0.290 e. The predicted octanol–water partition coefficient (Wildman–Crippen LogP) is 6.48. The van der Waals surface area contributed by atoms with Gasteiger partial charge in [0.1, 0.15) is 0 Å². The van der Waals surface area contributed by atoms with E-state index in [9.17, 15) is 14.0 Å². The highest BCUT2D eigenvalue weighted by Crippen LogP contribution is 2.49. The number of rotatable bonds is 3. The maximum Gasteiger partial charge on any atom is 0.290 e. The Bertz CT molecular complexity index is 1180. The molecule has 0 spiro atoms. The number of benzene rings is 2. The number of thioether (sulfide) groups is 1. The van der Waals surface area contributed by atoms with Crippen molar-refractivity contribution >= 4 is 29.0 Å². The summed E-state index contributed by atoms with van der Waals surface area (Å²) in [4.78, 5) is 24.1. The standard InChI is InChI=1S/C26H28FNO3S/c1-14-11-17-18(26(4,5)10-9-25(17,2)3)13-16(14)21-15(7-8-19(27)22(21)31-6)12-20-23(29)28-24(30)32-20/h7-8,11-13H,9-10H2,1-6H3,(H,28,29,30). The second-order valence-corrected chi connectivity index (χ2v) is 10.9. The Hall–Kier alpha value is -2.60. The molecule has 0 saturated carbocycles. The minimum Gasteiger partial charge on any atom is -0.493 e. The number of nitrogens with one attached hydrogen (secondary N) is 1. The molecule has 0 bridgehead atoms. The lowest BCUT2D eigenvalue weighted by Crippen LogP contribution is -2.34. The number of ether oxygens (including phenoxy) is 1. The summed E-state index contributed by atoms with van der Waals surface area (Å²) < 4.78 is 20.3. The Balaban J connectivity index is 2.00. The Kier molecular flexibility index (Phi) is 5.48. The number of amides is 2. The molecule has 1 heterocycles. The third-order valence-corrected chi connectivity index (χ3v) is 7.55. The van der Waals surface area contributed by atoms with Gasteiger partial charge in [-0.05, 0) is 88.4 Å². The van der Waals surface area contributed by atoms with E-state index >= 15 is 0 Å². The summed E-state index contributed by atoms with van der Waals surface area (Å²) in [6.45, 7) is 11.1. The molecule has 0 aromatic heterocycles. The van der Waals surface area contributed by atoms with Gasteiger partial charge in [-0.15, -0.1) is 0 Å². The zero-order valence-corrected chi connectivity index (χ0v) is 20.1. The number of fused-ring (bicyclic) bond motifs is 1. The average Bonchev–Trinajstić information content (AvgIpc) is 3.03. The van der Waals surface area contributed by atoms with Crippen LogP contribution in [-0.4, -0.2) is 18.3 Å². The molecule has 168 valence electrons. The zero-order valence-electron chi connectivity index (χ0n) is 19.3. The molecule has 4 nitrogen and oxygen atoms in total. The van der Waals surface area contributed by atoms with Crippen LogP contribution in [0.25, 0.3) is 17.2 Å². The quantitative estimate of drug-likeness (QED) is 0.540. The highest BCUT2D eigenvalue weighted by Gasteiger charge is 2.38. The van der Waals surface area contributed by atoms with E-state index in [-0.39, 0.29) is 21.5 Å². The van der Waals surface area contributed by atoms with Crippen LogP contribution in [0.5, 0.6) is 5.75 Å². The maximum atomic E-state index is 14.8. The number of hydrogen-bond acceptors (Lipinski definition) is 4. The largest absolute Gasteiger partial charge is 0.493 e. The fraction of sp³-hybridized carbons (Fsp3) is 0.385. The topological polar surface area (TPSA) is 55.4 Å². The van der Waals surface area contributed by atoms with E-state index in [0.717, 1.165) is 35.7 Å². The third-order valence-electron chi connectivity index (χ3n) is 6.74. The van der Waals surface area contributed by atoms with Gasteiger partial charge in [0.05, 0.1) is 12.0 Å². The molecule has 0 atom stereocenters. The molecule has 2 aromatic carbocycles. The molecule has 1 saturated heterocycles. The van der Waals surface area contributed by atoms with Gasteiger partial charge >= 0.3 is 0 Å². The fourth-order valence-corrected chi connectivity index (χ4v) is 5.40. The summed E-state index contributed by atoms with van der Waals surface area (Å²) >= 11 is 0.844. The molecular formula is C26H28FNO3S. The van der Waals surface area contributed by atoms with E-state index in [1.165, 1.54) is 24.3 Å². The summed E-state index contributed by atoms with van der Waals surface area (Å²) in [7, 11) is 1.44. The first kappa shape index (κ1) is 22.6. The lowest BCUT2D eigenvalue weighted by atomic mass is 9.62. The molecule has 32 heavy (non-hydrogen) atoms. The number of halogens is 1. The zero-order chi connectivity index (χ0) is 23.4. The van der Waals surface area contributed by atoms with Crippen LogP contribution in [0.4, 0.5) is 9.18 Å². The van der Waals surface area contributed by atoms with E-state index in [1.807, 2.05) is 6.92 Å². The fourth-order valence-electron chi connectivity index (χ4n) is 4.72. The molecule has 0 radical (unpaired) electrons. The van der Waals surface area contributed by atoms with E-state index in [4.69, 9.17) is 4.74 Å². The van der Waals surface area contributed by atoms with Crippen molar-refractivity contribution in [3.63, 3.8) is 0 Å². The lowest BCUT2D eigenvalue weighted by molar-refractivity contribution is -0.115. The van der Waals surface area contributed by atoms with E-state index < -0.39 is 17.0 Å². The number of imide groups is 1. The van der Waals surface area contributed by atoms with Crippen LogP contribution in [-0.2, 0) is 15.6 Å². The van der Waals surface area contributed by atoms with Crippen molar-refractivity contribution in [2.24, 2.45) is 0 Å². The molecule has 0 unspecified atom stereocenters. The van der Waals surface area contributed by atoms with Gasteiger partial charge in [0.25, 0.3) is 11.1 Å². The molecule has 1 aliphatic heterocycles. The lowest BCUT2D eigenvalue weighted by Gasteiger charge is -2.42. The number of hydrogen-bond donors (Lipinski definition) is 1. The number of aryl methyl sites for hydroxylation is 1. The van der Waals surface area contributed by atoms with Crippen LogP contribution < -0.4 is 10.1 Å². The number of carbonyl (C=O) groups is 2. The summed E-state index contributed by atoms with van der Waals surface area (Å²) in [6, 6.07) is 7.34. The Labute approximate surface area is 192 Å². The van der Waals surface area contributed by atoms with Gasteiger partial charge in [0, 0.05) is 5.56 Å². The van der Waals surface area contributed by atoms with E-state index in [0.29, 0.717) is 11.1 Å². The molecule has 1 N–H and O–H groups in total. The number of methoxy groups -OCH3 is 1. The van der Waals surface area contributed by atoms with Gasteiger partial charge in [-0.25, -0.2) is 4.39 Å². The second-order valence-electron chi connectivity index (χ2n) is 9.88. The van der Waals surface area contributed by atoms with E-state index in [1.54, 1.807) is 12.1 Å². The van der Waals surface area contributed by atoms with Crippen LogP contribution in [0.2, 0.25) is 0 Å². The highest BCUT2D eigenvalue weighted by atomic mass is 32.2. The SMILES string of the molecule is COc1c(F)ccc(C=C2SC(=O)NC2=O)c1-c1cc2c(cc1C)C(C)(C)CCC2(C)C.